The third-order valence-corrected chi connectivity index (χ3v) is 2.96. The monoisotopic (exact) mass is 249 g/mol. The number of phenolic OH excluding ortho intramolecular Hbond substituents is 1. The van der Waals surface area contributed by atoms with Crippen LogP contribution in [0.5, 0.6) is 5.75 Å². The van der Waals surface area contributed by atoms with E-state index < -0.39 is 0 Å². The van der Waals surface area contributed by atoms with Gasteiger partial charge in [-0.2, -0.15) is 0 Å². The Hall–Kier alpha value is -1.71. The zero-order valence-corrected chi connectivity index (χ0v) is 10.8. The van der Waals surface area contributed by atoms with Crippen molar-refractivity contribution in [1.82, 2.24) is 0 Å². The molecule has 1 heterocycles. The molecular weight excluding hydrogens is 230 g/mol. The van der Waals surface area contributed by atoms with Crippen molar-refractivity contribution in [3.63, 3.8) is 0 Å². The van der Waals surface area contributed by atoms with E-state index in [0.717, 1.165) is 18.4 Å². The van der Waals surface area contributed by atoms with Crippen molar-refractivity contribution in [2.24, 2.45) is 5.92 Å². The van der Waals surface area contributed by atoms with Crippen LogP contribution < -0.4 is 4.90 Å². The first-order chi connectivity index (χ1) is 8.59. The number of anilines is 1. The molecule has 1 amide bonds. The quantitative estimate of drug-likeness (QED) is 0.876. The summed E-state index contributed by atoms with van der Waals surface area (Å²) in [5, 5.41) is 9.90. The predicted octanol–water partition coefficient (Wildman–Crippen LogP) is 2.94. The first-order valence-electron chi connectivity index (χ1n) is 6.34. The van der Waals surface area contributed by atoms with Gasteiger partial charge in [-0.25, -0.2) is 4.79 Å². The Labute approximate surface area is 107 Å². The highest BCUT2D eigenvalue weighted by atomic mass is 16.6. The van der Waals surface area contributed by atoms with E-state index in [1.165, 1.54) is 4.90 Å². The van der Waals surface area contributed by atoms with Gasteiger partial charge in [0.15, 0.2) is 0 Å². The lowest BCUT2D eigenvalue weighted by Crippen LogP contribution is -2.36. The van der Waals surface area contributed by atoms with Crippen molar-refractivity contribution >= 4 is 11.8 Å². The van der Waals surface area contributed by atoms with Crippen molar-refractivity contribution in [1.29, 1.82) is 0 Å². The lowest BCUT2D eigenvalue weighted by molar-refractivity contribution is 0.139. The highest BCUT2D eigenvalue weighted by Crippen LogP contribution is 2.35. The fourth-order valence-electron chi connectivity index (χ4n) is 2.13. The minimum absolute atomic E-state index is 0.147. The molecule has 0 aliphatic carbocycles. The first kappa shape index (κ1) is 12.7. The van der Waals surface area contributed by atoms with Gasteiger partial charge in [0.25, 0.3) is 0 Å². The minimum atomic E-state index is -0.369. The normalized spacial score (nSPS) is 14.5. The average molecular weight is 249 g/mol. The Balaban J connectivity index is 2.19. The first-order valence-corrected chi connectivity index (χ1v) is 6.34. The number of hydrogen-bond acceptors (Lipinski definition) is 3. The number of ether oxygens (including phenoxy) is 1. The van der Waals surface area contributed by atoms with E-state index in [0.29, 0.717) is 24.8 Å². The lowest BCUT2D eigenvalue weighted by atomic mass is 10.0. The van der Waals surface area contributed by atoms with Gasteiger partial charge < -0.3 is 9.84 Å². The standard InChI is InChI=1S/C14H19NO3/c1-10(2)9-18-14(17)15-8-4-6-11-5-3-7-12(16)13(11)15/h3,5,7,10,16H,4,6,8-9H2,1-2H3. The second kappa shape index (κ2) is 5.29. The van der Waals surface area contributed by atoms with Crippen LogP contribution in [0, 0.1) is 5.92 Å². The van der Waals surface area contributed by atoms with Gasteiger partial charge >= 0.3 is 6.09 Å². The van der Waals surface area contributed by atoms with Gasteiger partial charge in [0, 0.05) is 6.54 Å². The molecule has 18 heavy (non-hydrogen) atoms. The van der Waals surface area contributed by atoms with Crippen LogP contribution in [-0.2, 0) is 11.2 Å². The van der Waals surface area contributed by atoms with Crippen molar-refractivity contribution in [3.8, 4) is 5.75 Å². The Kier molecular flexibility index (Phi) is 3.75. The number of phenols is 1. The molecule has 0 aromatic heterocycles. The molecule has 0 atom stereocenters. The van der Waals surface area contributed by atoms with Crippen molar-refractivity contribution in [3.05, 3.63) is 23.8 Å². The summed E-state index contributed by atoms with van der Waals surface area (Å²) in [6.45, 7) is 4.99. The van der Waals surface area contributed by atoms with E-state index in [1.54, 1.807) is 12.1 Å². The minimum Gasteiger partial charge on any atom is -0.506 e. The highest BCUT2D eigenvalue weighted by molar-refractivity contribution is 5.91. The number of fused-ring (bicyclic) bond motifs is 1. The number of benzene rings is 1. The molecule has 2 rings (SSSR count). The molecule has 1 aliphatic heterocycles. The predicted molar refractivity (Wildman–Crippen MR) is 70.0 cm³/mol. The van der Waals surface area contributed by atoms with E-state index in [4.69, 9.17) is 4.74 Å². The molecule has 0 saturated heterocycles. The smallest absolute Gasteiger partial charge is 0.414 e. The van der Waals surface area contributed by atoms with Crippen LogP contribution in [0.1, 0.15) is 25.8 Å². The fraction of sp³-hybridized carbons (Fsp3) is 0.500. The SMILES string of the molecule is CC(C)COC(=O)N1CCCc2cccc(O)c21. The van der Waals surface area contributed by atoms with E-state index >= 15 is 0 Å². The van der Waals surface area contributed by atoms with Gasteiger partial charge in [0.1, 0.15) is 5.75 Å². The Morgan fingerprint density at radius 3 is 3.00 bits per heavy atom. The van der Waals surface area contributed by atoms with E-state index in [1.807, 2.05) is 19.9 Å². The van der Waals surface area contributed by atoms with Crippen molar-refractivity contribution in [2.45, 2.75) is 26.7 Å². The molecule has 1 aromatic rings. The Bertz CT molecular complexity index is 443. The molecule has 1 aromatic carbocycles. The lowest BCUT2D eigenvalue weighted by Gasteiger charge is -2.29. The maximum absolute atomic E-state index is 12.0. The van der Waals surface area contributed by atoms with Gasteiger partial charge in [-0.3, -0.25) is 4.90 Å². The molecular formula is C14H19NO3. The Morgan fingerprint density at radius 2 is 2.28 bits per heavy atom. The zero-order chi connectivity index (χ0) is 13.1. The Morgan fingerprint density at radius 1 is 1.50 bits per heavy atom. The highest BCUT2D eigenvalue weighted by Gasteiger charge is 2.26. The zero-order valence-electron chi connectivity index (χ0n) is 10.8. The number of para-hydroxylation sites is 1. The number of amides is 1. The topological polar surface area (TPSA) is 49.8 Å². The third-order valence-electron chi connectivity index (χ3n) is 2.96. The second-order valence-corrected chi connectivity index (χ2v) is 5.01. The molecule has 0 bridgehead atoms. The van der Waals surface area contributed by atoms with Gasteiger partial charge in [0.2, 0.25) is 0 Å². The van der Waals surface area contributed by atoms with Crippen LogP contribution in [0.4, 0.5) is 10.5 Å². The van der Waals surface area contributed by atoms with Gasteiger partial charge in [0.05, 0.1) is 12.3 Å². The average Bonchev–Trinajstić information content (AvgIpc) is 2.35. The summed E-state index contributed by atoms with van der Waals surface area (Å²) in [6, 6.07) is 5.35. The van der Waals surface area contributed by atoms with Crippen molar-refractivity contribution < 1.29 is 14.6 Å². The number of hydrogen-bond donors (Lipinski definition) is 1. The van der Waals surface area contributed by atoms with Crippen molar-refractivity contribution in [2.75, 3.05) is 18.1 Å². The summed E-state index contributed by atoms with van der Waals surface area (Å²) in [7, 11) is 0. The fourth-order valence-corrected chi connectivity index (χ4v) is 2.13. The van der Waals surface area contributed by atoms with Crippen LogP contribution in [0.25, 0.3) is 0 Å². The molecule has 1 N–H and O–H groups in total. The number of rotatable bonds is 2. The van der Waals surface area contributed by atoms with E-state index in [2.05, 4.69) is 0 Å². The maximum Gasteiger partial charge on any atom is 0.414 e. The van der Waals surface area contributed by atoms with Crippen LogP contribution in [0.2, 0.25) is 0 Å². The molecule has 0 spiro atoms. The summed E-state index contributed by atoms with van der Waals surface area (Å²) < 4.78 is 5.23. The number of carbonyl (C=O) groups excluding carboxylic acids is 1. The van der Waals surface area contributed by atoms with Crippen LogP contribution >= 0.6 is 0 Å². The van der Waals surface area contributed by atoms with E-state index in [9.17, 15) is 9.90 Å². The summed E-state index contributed by atoms with van der Waals surface area (Å²) in [5.41, 5.74) is 1.61. The summed E-state index contributed by atoms with van der Waals surface area (Å²) in [4.78, 5) is 13.5. The summed E-state index contributed by atoms with van der Waals surface area (Å²) in [6.07, 6.45) is 1.41. The van der Waals surface area contributed by atoms with Crippen LogP contribution in [0.15, 0.2) is 18.2 Å². The van der Waals surface area contributed by atoms with Gasteiger partial charge in [-0.05, 0) is 30.4 Å². The molecule has 0 radical (unpaired) electrons. The number of aromatic hydroxyl groups is 1. The second-order valence-electron chi connectivity index (χ2n) is 5.01. The number of aryl methyl sites for hydroxylation is 1. The van der Waals surface area contributed by atoms with Gasteiger partial charge in [-0.1, -0.05) is 26.0 Å². The number of carbonyl (C=O) groups is 1. The van der Waals surface area contributed by atoms with Crippen LogP contribution in [-0.4, -0.2) is 24.4 Å². The molecule has 0 saturated carbocycles. The number of nitrogens with zero attached hydrogens (tertiary/aromatic N) is 1. The molecule has 4 heteroatoms. The largest absolute Gasteiger partial charge is 0.506 e. The molecule has 98 valence electrons. The molecule has 0 unspecified atom stereocenters. The van der Waals surface area contributed by atoms with Crippen LogP contribution in [0.3, 0.4) is 0 Å². The summed E-state index contributed by atoms with van der Waals surface area (Å²) >= 11 is 0. The maximum atomic E-state index is 12.0. The molecule has 1 aliphatic rings. The summed E-state index contributed by atoms with van der Waals surface area (Å²) in [5.74, 6) is 0.455. The van der Waals surface area contributed by atoms with E-state index in [-0.39, 0.29) is 11.8 Å². The third kappa shape index (κ3) is 2.58. The molecule has 0 fully saturated rings. The van der Waals surface area contributed by atoms with Gasteiger partial charge in [-0.15, -0.1) is 0 Å². The molecule has 4 nitrogen and oxygen atoms in total.